The van der Waals surface area contributed by atoms with E-state index >= 15 is 0 Å². The second-order valence-corrected chi connectivity index (χ2v) is 27.3. The molecule has 0 unspecified atom stereocenters. The summed E-state index contributed by atoms with van der Waals surface area (Å²) in [4.78, 5) is 16.2. The number of hydrogen-bond acceptors (Lipinski definition) is 4. The van der Waals surface area contributed by atoms with E-state index in [9.17, 15) is 0 Å². The molecule has 0 fully saturated rings. The molecule has 4 nitrogen and oxygen atoms in total. The molecule has 0 amide bonds. The van der Waals surface area contributed by atoms with Crippen LogP contribution in [0.4, 0.5) is 34.1 Å². The first-order valence-electron chi connectivity index (χ1n) is 29.0. The van der Waals surface area contributed by atoms with Crippen LogP contribution in [0.5, 0.6) is 0 Å². The van der Waals surface area contributed by atoms with Gasteiger partial charge in [-0.2, -0.15) is 0 Å². The number of benzene rings is 11. The summed E-state index contributed by atoms with van der Waals surface area (Å²) in [7, 11) is 0. The quantitative estimate of drug-likeness (QED) is 0.130. The van der Waals surface area contributed by atoms with Crippen molar-refractivity contribution in [2.75, 3.05) is 9.80 Å². The summed E-state index contributed by atoms with van der Waals surface area (Å²) in [5.41, 5.74) is 19.4. The Bertz CT molecular complexity index is 4290. The summed E-state index contributed by atoms with van der Waals surface area (Å²) in [6.07, 6.45) is 0. The maximum Gasteiger partial charge on any atom is 0.252 e. The SMILES string of the molecule is CC(C)(C)c1cc(N2c3cc4cc5ccccc5cc4cc3B3c4cc5cc6ccccc6cc5cc4N(c4cc(C(C)(C)C)cc(C(C)(C)C)c4)c4cc(-c5nc(-c6ccccc6)nc6ccccc56)cc2c43)cc(C(C)(C)C)c1. The molecule has 0 spiro atoms. The van der Waals surface area contributed by atoms with Gasteiger partial charge in [0.1, 0.15) is 0 Å². The van der Waals surface area contributed by atoms with E-state index in [4.69, 9.17) is 9.97 Å². The minimum Gasteiger partial charge on any atom is -0.311 e. The van der Waals surface area contributed by atoms with Crippen molar-refractivity contribution < 1.29 is 0 Å². The molecule has 0 N–H and O–H groups in total. The molecule has 396 valence electrons. The lowest BCUT2D eigenvalue weighted by molar-refractivity contribution is 0.568. The van der Waals surface area contributed by atoms with E-state index in [0.717, 1.165) is 50.5 Å². The number of fused-ring (bicyclic) bond motifs is 9. The molecule has 0 aliphatic carbocycles. The molecule has 3 heterocycles. The Kier molecular flexibility index (Phi) is 11.3. The first-order chi connectivity index (χ1) is 38.6. The summed E-state index contributed by atoms with van der Waals surface area (Å²) in [6, 6.07) is 76.1. The van der Waals surface area contributed by atoms with Crippen LogP contribution in [0.15, 0.2) is 200 Å². The molecule has 1 aromatic heterocycles. The molecule has 14 rings (SSSR count). The maximum atomic E-state index is 5.66. The molecule has 0 atom stereocenters. The Morgan fingerprint density at radius 2 is 0.704 bits per heavy atom. The number of nitrogens with zero attached hydrogens (tertiary/aromatic N) is 4. The highest BCUT2D eigenvalue weighted by Gasteiger charge is 2.45. The van der Waals surface area contributed by atoms with Crippen LogP contribution < -0.4 is 26.2 Å². The smallest absolute Gasteiger partial charge is 0.252 e. The summed E-state index contributed by atoms with van der Waals surface area (Å²) in [5, 5.41) is 10.9. The number of hydrogen-bond donors (Lipinski definition) is 0. The second-order valence-electron chi connectivity index (χ2n) is 27.3. The zero-order valence-corrected chi connectivity index (χ0v) is 48.9. The first kappa shape index (κ1) is 50.7. The molecule has 2 aliphatic rings. The number of para-hydroxylation sites is 1. The fraction of sp³-hybridized carbons (Fsp3) is 0.211. The highest BCUT2D eigenvalue weighted by molar-refractivity contribution is 7.00. The lowest BCUT2D eigenvalue weighted by atomic mass is 9.33. The van der Waals surface area contributed by atoms with Crippen LogP contribution in [0, 0.1) is 0 Å². The predicted molar refractivity (Wildman–Crippen MR) is 349 cm³/mol. The van der Waals surface area contributed by atoms with Gasteiger partial charge in [-0.25, -0.2) is 9.97 Å². The van der Waals surface area contributed by atoms with Crippen molar-refractivity contribution in [1.29, 1.82) is 0 Å². The zero-order chi connectivity index (χ0) is 56.1. The summed E-state index contributed by atoms with van der Waals surface area (Å²) in [5.74, 6) is 0.704. The van der Waals surface area contributed by atoms with Crippen molar-refractivity contribution in [2.45, 2.75) is 105 Å². The Morgan fingerprint density at radius 3 is 1.12 bits per heavy atom. The van der Waals surface area contributed by atoms with E-state index in [1.165, 1.54) is 93.1 Å². The van der Waals surface area contributed by atoms with Crippen molar-refractivity contribution in [2.24, 2.45) is 0 Å². The van der Waals surface area contributed by atoms with Gasteiger partial charge in [-0.15, -0.1) is 0 Å². The van der Waals surface area contributed by atoms with Crippen molar-refractivity contribution in [3.63, 3.8) is 0 Å². The van der Waals surface area contributed by atoms with Crippen LogP contribution in [0.25, 0.3) is 76.6 Å². The van der Waals surface area contributed by atoms with Crippen molar-refractivity contribution in [1.82, 2.24) is 9.97 Å². The monoisotopic (exact) mass is 1050 g/mol. The van der Waals surface area contributed by atoms with E-state index in [-0.39, 0.29) is 28.4 Å². The Hall–Kier alpha value is -8.54. The number of anilines is 6. The summed E-state index contributed by atoms with van der Waals surface area (Å²) < 4.78 is 0. The highest BCUT2D eigenvalue weighted by atomic mass is 15.2. The molecule has 0 saturated carbocycles. The van der Waals surface area contributed by atoms with Gasteiger partial charge in [0, 0.05) is 50.6 Å². The summed E-state index contributed by atoms with van der Waals surface area (Å²) in [6.45, 7) is 28.1. The molecule has 11 aromatic carbocycles. The lowest BCUT2D eigenvalue weighted by Crippen LogP contribution is -2.61. The van der Waals surface area contributed by atoms with Crippen molar-refractivity contribution >= 4 is 111 Å². The molecular formula is C76H69BN4. The van der Waals surface area contributed by atoms with E-state index in [0.29, 0.717) is 5.82 Å². The Balaban J connectivity index is 1.19. The highest BCUT2D eigenvalue weighted by Crippen LogP contribution is 2.50. The average molecular weight is 1050 g/mol. The van der Waals surface area contributed by atoms with Gasteiger partial charge in [-0.05, 0) is 182 Å². The van der Waals surface area contributed by atoms with E-state index in [2.05, 4.69) is 293 Å². The van der Waals surface area contributed by atoms with E-state index in [1.54, 1.807) is 0 Å². The fourth-order valence-corrected chi connectivity index (χ4v) is 12.8. The molecule has 0 saturated heterocycles. The minimum atomic E-state index is -0.143. The van der Waals surface area contributed by atoms with Gasteiger partial charge in [0.2, 0.25) is 0 Å². The van der Waals surface area contributed by atoms with Crippen molar-refractivity contribution in [3.8, 4) is 22.6 Å². The summed E-state index contributed by atoms with van der Waals surface area (Å²) >= 11 is 0. The Morgan fingerprint density at radius 1 is 0.321 bits per heavy atom. The van der Waals surface area contributed by atoms with E-state index < -0.39 is 0 Å². The zero-order valence-electron chi connectivity index (χ0n) is 48.9. The van der Waals surface area contributed by atoms with Crippen LogP contribution in [0.2, 0.25) is 0 Å². The van der Waals surface area contributed by atoms with E-state index in [1.807, 2.05) is 0 Å². The predicted octanol–water partition coefficient (Wildman–Crippen LogP) is 18.8. The van der Waals surface area contributed by atoms with Gasteiger partial charge in [-0.3, -0.25) is 0 Å². The van der Waals surface area contributed by atoms with Gasteiger partial charge >= 0.3 is 0 Å². The Labute approximate surface area is 478 Å². The topological polar surface area (TPSA) is 32.3 Å². The van der Waals surface area contributed by atoms with Crippen LogP contribution in [-0.4, -0.2) is 16.7 Å². The number of rotatable bonds is 4. The molecular weight excluding hydrogens is 980 g/mol. The largest absolute Gasteiger partial charge is 0.311 e. The van der Waals surface area contributed by atoms with Crippen LogP contribution >= 0.6 is 0 Å². The molecule has 81 heavy (non-hydrogen) atoms. The number of aromatic nitrogens is 2. The van der Waals surface area contributed by atoms with Crippen LogP contribution in [-0.2, 0) is 21.7 Å². The lowest BCUT2D eigenvalue weighted by Gasteiger charge is -2.45. The van der Waals surface area contributed by atoms with Gasteiger partial charge in [0.25, 0.3) is 6.71 Å². The third-order valence-electron chi connectivity index (χ3n) is 17.4. The maximum absolute atomic E-state index is 5.66. The molecule has 2 aliphatic heterocycles. The van der Waals surface area contributed by atoms with Gasteiger partial charge in [0.15, 0.2) is 5.82 Å². The first-order valence-corrected chi connectivity index (χ1v) is 29.0. The van der Waals surface area contributed by atoms with Crippen LogP contribution in [0.1, 0.15) is 105 Å². The van der Waals surface area contributed by atoms with Gasteiger partial charge < -0.3 is 9.80 Å². The molecule has 5 heteroatoms. The van der Waals surface area contributed by atoms with Gasteiger partial charge in [-0.1, -0.05) is 204 Å². The average Bonchev–Trinajstić information content (AvgIpc) is 3.63. The third-order valence-corrected chi connectivity index (χ3v) is 17.4. The molecule has 0 bridgehead atoms. The fourth-order valence-electron chi connectivity index (χ4n) is 12.8. The minimum absolute atomic E-state index is 0.127. The molecule has 0 radical (unpaired) electrons. The van der Waals surface area contributed by atoms with Crippen LogP contribution in [0.3, 0.4) is 0 Å². The normalized spacial score (nSPS) is 13.6. The second kappa shape index (κ2) is 18.0. The van der Waals surface area contributed by atoms with Gasteiger partial charge in [0.05, 0.1) is 11.2 Å². The third kappa shape index (κ3) is 8.58. The molecule has 12 aromatic rings. The van der Waals surface area contributed by atoms with Crippen molar-refractivity contribution in [3.05, 3.63) is 222 Å². The standard InChI is InChI=1S/C76H69BN4/c1-73(2,3)56-40-57(74(4,5)6)43-60(42-56)80-66-36-53-32-49-26-18-16-24-47(49)30-51(53)34-63(66)77-64-35-52-31-48-25-17-19-27-50(48)33-54(52)37-67(64)81(61-44-58(75(7,8)9)41-59(45-61)76(10,11)12)69-39-55(38-68(80)70(69)77)71-62-28-20-21-29-65(62)78-72(79-71)46-22-14-13-15-23-46/h13-45H,1-12H3.